The molecule has 3 nitrogen and oxygen atoms in total. The van der Waals surface area contributed by atoms with Crippen molar-refractivity contribution >= 4 is 11.8 Å². The second-order valence-corrected chi connectivity index (χ2v) is 5.64. The molecular formula is C16H13F3N2OS. The Morgan fingerprint density at radius 2 is 1.96 bits per heavy atom. The van der Waals surface area contributed by atoms with Gasteiger partial charge < -0.3 is 4.74 Å². The summed E-state index contributed by atoms with van der Waals surface area (Å²) < 4.78 is 44.8. The number of benzene rings is 1. The van der Waals surface area contributed by atoms with Gasteiger partial charge in [-0.15, -0.1) is 11.8 Å². The largest absolute Gasteiger partial charge is 0.417 e. The zero-order valence-corrected chi connectivity index (χ0v) is 13.0. The topological polar surface area (TPSA) is 45.9 Å². The van der Waals surface area contributed by atoms with Crippen LogP contribution in [0.3, 0.4) is 0 Å². The third kappa shape index (κ3) is 4.24. The van der Waals surface area contributed by atoms with Crippen molar-refractivity contribution in [1.29, 1.82) is 5.26 Å². The van der Waals surface area contributed by atoms with Gasteiger partial charge in [0.05, 0.1) is 23.4 Å². The molecule has 7 heteroatoms. The number of pyridine rings is 1. The van der Waals surface area contributed by atoms with Gasteiger partial charge in [-0.05, 0) is 6.07 Å². The first-order valence-corrected chi connectivity index (χ1v) is 7.65. The zero-order valence-electron chi connectivity index (χ0n) is 12.2. The Morgan fingerprint density at radius 3 is 2.52 bits per heavy atom. The molecule has 0 aliphatic heterocycles. The normalized spacial score (nSPS) is 11.3. The number of halogens is 3. The predicted octanol–water partition coefficient (Wildman–Crippen LogP) is 4.38. The number of thioether (sulfide) groups is 1. The fourth-order valence-corrected chi connectivity index (χ4v) is 2.84. The molecule has 0 radical (unpaired) electrons. The molecular weight excluding hydrogens is 325 g/mol. The standard InChI is InChI=1S/C16H13F3N2OS/c1-22-7-8-23-15-12(10-20)13(16(17,18)19)9-14(21-15)11-5-3-2-4-6-11/h2-6,9H,7-8H2,1H3. The third-order valence-corrected chi connectivity index (χ3v) is 3.94. The van der Waals surface area contributed by atoms with Crippen LogP contribution in [-0.4, -0.2) is 24.5 Å². The van der Waals surface area contributed by atoms with E-state index in [1.165, 1.54) is 7.11 Å². The Kier molecular flexibility index (Phi) is 5.64. The molecule has 23 heavy (non-hydrogen) atoms. The first-order chi connectivity index (χ1) is 11.0. The van der Waals surface area contributed by atoms with Crippen molar-refractivity contribution in [1.82, 2.24) is 4.98 Å². The van der Waals surface area contributed by atoms with Gasteiger partial charge in [0.1, 0.15) is 11.1 Å². The summed E-state index contributed by atoms with van der Waals surface area (Å²) in [7, 11) is 1.50. The van der Waals surface area contributed by atoms with Crippen molar-refractivity contribution in [2.75, 3.05) is 19.5 Å². The number of nitrogens with zero attached hydrogens (tertiary/aromatic N) is 2. The van der Waals surface area contributed by atoms with Gasteiger partial charge in [0.2, 0.25) is 0 Å². The fraction of sp³-hybridized carbons (Fsp3) is 0.250. The molecule has 1 aromatic carbocycles. The SMILES string of the molecule is COCCSc1nc(-c2ccccc2)cc(C(F)(F)F)c1C#N. The molecule has 0 aliphatic rings. The van der Waals surface area contributed by atoms with E-state index in [-0.39, 0.29) is 10.7 Å². The summed E-state index contributed by atoms with van der Waals surface area (Å²) in [4.78, 5) is 4.24. The Hall–Kier alpha value is -2.04. The molecule has 1 aromatic heterocycles. The summed E-state index contributed by atoms with van der Waals surface area (Å²) in [5, 5.41) is 9.21. The molecule has 0 bridgehead atoms. The molecule has 0 unspecified atom stereocenters. The first kappa shape index (κ1) is 17.3. The number of hydrogen-bond donors (Lipinski definition) is 0. The number of aromatic nitrogens is 1. The summed E-state index contributed by atoms with van der Waals surface area (Å²) in [6.45, 7) is 0.355. The Bertz CT molecular complexity index is 712. The molecule has 2 aromatic rings. The van der Waals surface area contributed by atoms with Crippen molar-refractivity contribution in [3.05, 3.63) is 47.5 Å². The van der Waals surface area contributed by atoms with Crippen molar-refractivity contribution < 1.29 is 17.9 Å². The summed E-state index contributed by atoms with van der Waals surface area (Å²) in [6, 6.07) is 11.1. The molecule has 0 N–H and O–H groups in total. The van der Waals surface area contributed by atoms with Gasteiger partial charge in [-0.2, -0.15) is 18.4 Å². The summed E-state index contributed by atoms with van der Waals surface area (Å²) >= 11 is 1.08. The van der Waals surface area contributed by atoms with Crippen LogP contribution < -0.4 is 0 Å². The summed E-state index contributed by atoms with van der Waals surface area (Å²) in [5.41, 5.74) is -0.653. The van der Waals surface area contributed by atoms with E-state index in [1.807, 2.05) is 0 Å². The van der Waals surface area contributed by atoms with E-state index in [0.29, 0.717) is 17.9 Å². The highest BCUT2D eigenvalue weighted by Crippen LogP contribution is 2.37. The molecule has 0 saturated carbocycles. The van der Waals surface area contributed by atoms with Crippen LogP contribution >= 0.6 is 11.8 Å². The molecule has 1 heterocycles. The predicted molar refractivity (Wildman–Crippen MR) is 82.0 cm³/mol. The van der Waals surface area contributed by atoms with Crippen LogP contribution in [0, 0.1) is 11.3 Å². The Morgan fingerprint density at radius 1 is 1.26 bits per heavy atom. The number of methoxy groups -OCH3 is 1. The monoisotopic (exact) mass is 338 g/mol. The van der Waals surface area contributed by atoms with E-state index in [2.05, 4.69) is 4.98 Å². The first-order valence-electron chi connectivity index (χ1n) is 6.67. The van der Waals surface area contributed by atoms with Crippen LogP contribution in [0.5, 0.6) is 0 Å². The molecule has 0 aliphatic carbocycles. The molecule has 2 rings (SSSR count). The van der Waals surface area contributed by atoms with Gasteiger partial charge in [0.15, 0.2) is 0 Å². The van der Waals surface area contributed by atoms with E-state index >= 15 is 0 Å². The zero-order chi connectivity index (χ0) is 16.9. The maximum Gasteiger partial charge on any atom is 0.417 e. The second-order valence-electron chi connectivity index (χ2n) is 4.55. The van der Waals surface area contributed by atoms with E-state index in [4.69, 9.17) is 10.00 Å². The average molecular weight is 338 g/mol. The van der Waals surface area contributed by atoms with Gasteiger partial charge in [-0.25, -0.2) is 4.98 Å². The maximum absolute atomic E-state index is 13.3. The number of nitriles is 1. The molecule has 0 saturated heterocycles. The lowest BCUT2D eigenvalue weighted by Crippen LogP contribution is -2.11. The van der Waals surface area contributed by atoms with Crippen molar-refractivity contribution in [3.63, 3.8) is 0 Å². The minimum absolute atomic E-state index is 0.0678. The lowest BCUT2D eigenvalue weighted by atomic mass is 10.1. The quantitative estimate of drug-likeness (QED) is 0.600. The molecule has 0 amide bonds. The van der Waals surface area contributed by atoms with Crippen LogP contribution in [-0.2, 0) is 10.9 Å². The van der Waals surface area contributed by atoms with Gasteiger partial charge >= 0.3 is 6.18 Å². The van der Waals surface area contributed by atoms with Gasteiger partial charge in [0.25, 0.3) is 0 Å². The van der Waals surface area contributed by atoms with Crippen molar-refractivity contribution in [3.8, 4) is 17.3 Å². The smallest absolute Gasteiger partial charge is 0.384 e. The molecule has 120 valence electrons. The number of alkyl halides is 3. The van der Waals surface area contributed by atoms with Crippen LogP contribution in [0.2, 0.25) is 0 Å². The highest BCUT2D eigenvalue weighted by molar-refractivity contribution is 7.99. The maximum atomic E-state index is 13.3. The van der Waals surface area contributed by atoms with E-state index in [1.54, 1.807) is 36.4 Å². The Labute approximate surface area is 136 Å². The van der Waals surface area contributed by atoms with Crippen LogP contribution in [0.4, 0.5) is 13.2 Å². The average Bonchev–Trinajstić information content (AvgIpc) is 2.54. The molecule has 0 atom stereocenters. The van der Waals surface area contributed by atoms with Crippen LogP contribution in [0.25, 0.3) is 11.3 Å². The highest BCUT2D eigenvalue weighted by Gasteiger charge is 2.36. The van der Waals surface area contributed by atoms with Gasteiger partial charge in [0, 0.05) is 18.4 Å². The number of hydrogen-bond acceptors (Lipinski definition) is 4. The lowest BCUT2D eigenvalue weighted by molar-refractivity contribution is -0.138. The van der Waals surface area contributed by atoms with Gasteiger partial charge in [-0.1, -0.05) is 30.3 Å². The van der Waals surface area contributed by atoms with Crippen molar-refractivity contribution in [2.45, 2.75) is 11.2 Å². The minimum Gasteiger partial charge on any atom is -0.384 e. The van der Waals surface area contributed by atoms with E-state index in [9.17, 15) is 13.2 Å². The number of rotatable bonds is 5. The second kappa shape index (κ2) is 7.49. The van der Waals surface area contributed by atoms with Gasteiger partial charge in [-0.3, -0.25) is 0 Å². The van der Waals surface area contributed by atoms with Crippen LogP contribution in [0.1, 0.15) is 11.1 Å². The molecule has 0 spiro atoms. The Balaban J connectivity index is 2.57. The van der Waals surface area contributed by atoms with E-state index < -0.39 is 17.3 Å². The molecule has 0 fully saturated rings. The van der Waals surface area contributed by atoms with Crippen LogP contribution in [0.15, 0.2) is 41.4 Å². The summed E-state index contributed by atoms with van der Waals surface area (Å²) in [5.74, 6) is 0.410. The third-order valence-electron chi connectivity index (χ3n) is 3.00. The van der Waals surface area contributed by atoms with E-state index in [0.717, 1.165) is 17.8 Å². The summed E-state index contributed by atoms with van der Waals surface area (Å²) in [6.07, 6.45) is -4.62. The lowest BCUT2D eigenvalue weighted by Gasteiger charge is -2.14. The fourth-order valence-electron chi connectivity index (χ4n) is 1.94. The van der Waals surface area contributed by atoms with Crippen molar-refractivity contribution in [2.24, 2.45) is 0 Å². The highest BCUT2D eigenvalue weighted by atomic mass is 32.2. The number of ether oxygens (including phenoxy) is 1. The minimum atomic E-state index is -4.62.